The molecule has 0 bridgehead atoms. The molecule has 0 spiro atoms. The number of hydrogen-bond donors (Lipinski definition) is 1. The minimum atomic E-state index is -0.178. The maximum atomic E-state index is 11.7. The maximum Gasteiger partial charge on any atom is 0.222 e. The lowest BCUT2D eigenvalue weighted by Gasteiger charge is -2.23. The van der Waals surface area contributed by atoms with E-state index in [1.54, 1.807) is 12.3 Å². The lowest BCUT2D eigenvalue weighted by molar-refractivity contribution is -0.169. The molecule has 1 amide bonds. The first-order valence-corrected chi connectivity index (χ1v) is 8.09. The van der Waals surface area contributed by atoms with Gasteiger partial charge in [0.1, 0.15) is 0 Å². The molecular weight excluding hydrogens is 304 g/mol. The summed E-state index contributed by atoms with van der Waals surface area (Å²) in [6.45, 7) is 5.13. The van der Waals surface area contributed by atoms with Gasteiger partial charge in [-0.15, -0.1) is 0 Å². The molecule has 0 aliphatic carbocycles. The van der Waals surface area contributed by atoms with Crippen LogP contribution in [0.2, 0.25) is 5.02 Å². The number of hydrogen-bond acceptors (Lipinski definition) is 4. The van der Waals surface area contributed by atoms with Crippen molar-refractivity contribution in [3.05, 3.63) is 28.5 Å². The molecular formula is C16H23ClN2O3. The number of rotatable bonds is 6. The Hall–Kier alpha value is -1.17. The molecule has 0 aromatic carbocycles. The molecule has 1 N–H and O–H groups in total. The lowest BCUT2D eigenvalue weighted by Crippen LogP contribution is -2.28. The van der Waals surface area contributed by atoms with E-state index in [4.69, 9.17) is 21.1 Å². The van der Waals surface area contributed by atoms with Crippen LogP contribution in [-0.2, 0) is 27.4 Å². The van der Waals surface area contributed by atoms with Gasteiger partial charge < -0.3 is 14.8 Å². The average molecular weight is 327 g/mol. The van der Waals surface area contributed by atoms with E-state index in [1.807, 2.05) is 13.8 Å². The summed E-state index contributed by atoms with van der Waals surface area (Å²) in [4.78, 5) is 16.0. The first-order valence-electron chi connectivity index (χ1n) is 7.71. The van der Waals surface area contributed by atoms with E-state index in [-0.39, 0.29) is 18.1 Å². The third-order valence-electron chi connectivity index (χ3n) is 3.59. The van der Waals surface area contributed by atoms with Crippen molar-refractivity contribution in [2.75, 3.05) is 6.61 Å². The highest BCUT2D eigenvalue weighted by molar-refractivity contribution is 6.31. The summed E-state index contributed by atoms with van der Waals surface area (Å²) in [6.07, 6.45) is 4.56. The molecule has 1 saturated heterocycles. The van der Waals surface area contributed by atoms with Crippen LogP contribution in [0.4, 0.5) is 0 Å². The third-order valence-corrected chi connectivity index (χ3v) is 3.95. The van der Waals surface area contributed by atoms with Crippen molar-refractivity contribution in [3.63, 3.8) is 0 Å². The van der Waals surface area contributed by atoms with Crippen LogP contribution in [0.15, 0.2) is 12.3 Å². The van der Waals surface area contributed by atoms with Crippen molar-refractivity contribution >= 4 is 17.5 Å². The zero-order chi connectivity index (χ0) is 15.9. The van der Waals surface area contributed by atoms with Crippen LogP contribution in [-0.4, -0.2) is 23.8 Å². The monoisotopic (exact) mass is 326 g/mol. The third kappa shape index (κ3) is 4.93. The smallest absolute Gasteiger partial charge is 0.222 e. The number of carbonyl (C=O) groups is 1. The Balaban J connectivity index is 1.97. The number of carbonyl (C=O) groups excluding carboxylic acids is 1. The van der Waals surface area contributed by atoms with Gasteiger partial charge in [0, 0.05) is 29.3 Å². The second-order valence-corrected chi connectivity index (χ2v) is 6.10. The molecule has 1 unspecified atom stereocenters. The van der Waals surface area contributed by atoms with Crippen molar-refractivity contribution in [1.29, 1.82) is 0 Å². The number of ether oxygens (including phenoxy) is 2. The fourth-order valence-corrected chi connectivity index (χ4v) is 2.43. The Morgan fingerprint density at radius 3 is 3.05 bits per heavy atom. The molecule has 0 saturated carbocycles. The Labute approximate surface area is 136 Å². The Bertz CT molecular complexity index is 502. The van der Waals surface area contributed by atoms with Crippen molar-refractivity contribution in [2.24, 2.45) is 5.92 Å². The van der Waals surface area contributed by atoms with Gasteiger partial charge in [-0.2, -0.15) is 0 Å². The number of pyridine rings is 1. The molecule has 2 rings (SSSR count). The maximum absolute atomic E-state index is 11.7. The van der Waals surface area contributed by atoms with Crippen LogP contribution in [0, 0.1) is 5.92 Å². The molecule has 1 aliphatic heterocycles. The number of aromatic nitrogens is 1. The van der Waals surface area contributed by atoms with Gasteiger partial charge in [0.15, 0.2) is 6.29 Å². The van der Waals surface area contributed by atoms with Crippen LogP contribution in [0.1, 0.15) is 44.4 Å². The van der Waals surface area contributed by atoms with E-state index in [2.05, 4.69) is 10.3 Å². The highest BCUT2D eigenvalue weighted by Crippen LogP contribution is 2.22. The highest BCUT2D eigenvalue weighted by Gasteiger charge is 2.17. The van der Waals surface area contributed by atoms with Crippen LogP contribution in [0.25, 0.3) is 0 Å². The topological polar surface area (TPSA) is 60.5 Å². The molecule has 1 atom stereocenters. The summed E-state index contributed by atoms with van der Waals surface area (Å²) >= 11 is 6.25. The molecule has 0 radical (unpaired) electrons. The minimum absolute atomic E-state index is 0.00995. The highest BCUT2D eigenvalue weighted by atomic mass is 35.5. The van der Waals surface area contributed by atoms with E-state index in [0.29, 0.717) is 18.2 Å². The molecule has 122 valence electrons. The van der Waals surface area contributed by atoms with Gasteiger partial charge in [0.25, 0.3) is 0 Å². The first kappa shape index (κ1) is 17.2. The predicted octanol–water partition coefficient (Wildman–Crippen LogP) is 3.05. The second-order valence-electron chi connectivity index (χ2n) is 5.70. The summed E-state index contributed by atoms with van der Waals surface area (Å²) in [6, 6.07) is 1.73. The van der Waals surface area contributed by atoms with Crippen LogP contribution >= 0.6 is 11.6 Å². The molecule has 2 heterocycles. The van der Waals surface area contributed by atoms with Gasteiger partial charge in [-0.25, -0.2) is 0 Å². The number of halogens is 1. The van der Waals surface area contributed by atoms with Gasteiger partial charge in [-0.3, -0.25) is 9.78 Å². The summed E-state index contributed by atoms with van der Waals surface area (Å²) in [5.41, 5.74) is 1.54. The molecule has 5 nitrogen and oxygen atoms in total. The largest absolute Gasteiger partial charge is 0.353 e. The Kier molecular flexibility index (Phi) is 6.61. The van der Waals surface area contributed by atoms with Gasteiger partial charge in [-0.1, -0.05) is 25.4 Å². The summed E-state index contributed by atoms with van der Waals surface area (Å²) in [5, 5.41) is 3.45. The standard InChI is InChI=1S/C16H23ClN2O3/c1-11(2)16(20)19-9-14-12(13(17)6-7-18-14)10-22-15-5-3-4-8-21-15/h6-7,11,15H,3-5,8-10H2,1-2H3,(H,19,20). The predicted molar refractivity (Wildman–Crippen MR) is 84.3 cm³/mol. The van der Waals surface area contributed by atoms with E-state index in [0.717, 1.165) is 37.1 Å². The molecule has 1 fully saturated rings. The van der Waals surface area contributed by atoms with Crippen molar-refractivity contribution in [2.45, 2.75) is 52.6 Å². The quantitative estimate of drug-likeness (QED) is 0.872. The van der Waals surface area contributed by atoms with E-state index in [1.165, 1.54) is 0 Å². The van der Waals surface area contributed by atoms with Crippen LogP contribution in [0.3, 0.4) is 0 Å². The van der Waals surface area contributed by atoms with Gasteiger partial charge >= 0.3 is 0 Å². The zero-order valence-corrected chi connectivity index (χ0v) is 13.9. The molecule has 1 aromatic rings. The number of nitrogens with one attached hydrogen (secondary N) is 1. The second kappa shape index (κ2) is 8.46. The SMILES string of the molecule is CC(C)C(=O)NCc1nccc(Cl)c1COC1CCCCO1. The summed E-state index contributed by atoms with van der Waals surface area (Å²) in [7, 11) is 0. The lowest BCUT2D eigenvalue weighted by atomic mass is 10.1. The van der Waals surface area contributed by atoms with Gasteiger partial charge in [-0.05, 0) is 25.3 Å². The number of nitrogens with zero attached hydrogens (tertiary/aromatic N) is 1. The van der Waals surface area contributed by atoms with Crippen molar-refractivity contribution in [3.8, 4) is 0 Å². The first-order chi connectivity index (χ1) is 10.6. The number of amides is 1. The fourth-order valence-electron chi connectivity index (χ4n) is 2.21. The van der Waals surface area contributed by atoms with E-state index < -0.39 is 0 Å². The fraction of sp³-hybridized carbons (Fsp3) is 0.625. The van der Waals surface area contributed by atoms with Gasteiger partial charge in [0.2, 0.25) is 5.91 Å². The van der Waals surface area contributed by atoms with E-state index in [9.17, 15) is 4.79 Å². The Morgan fingerprint density at radius 1 is 1.55 bits per heavy atom. The zero-order valence-electron chi connectivity index (χ0n) is 13.1. The molecule has 6 heteroatoms. The average Bonchev–Trinajstić information content (AvgIpc) is 2.52. The van der Waals surface area contributed by atoms with E-state index >= 15 is 0 Å². The van der Waals surface area contributed by atoms with Crippen molar-refractivity contribution < 1.29 is 14.3 Å². The summed E-state index contributed by atoms with van der Waals surface area (Å²) < 4.78 is 11.3. The molecule has 22 heavy (non-hydrogen) atoms. The minimum Gasteiger partial charge on any atom is -0.353 e. The molecule has 1 aromatic heterocycles. The Morgan fingerprint density at radius 2 is 2.36 bits per heavy atom. The van der Waals surface area contributed by atoms with Crippen molar-refractivity contribution in [1.82, 2.24) is 10.3 Å². The van der Waals surface area contributed by atoms with Gasteiger partial charge in [0.05, 0.1) is 18.8 Å². The molecule has 1 aliphatic rings. The summed E-state index contributed by atoms with van der Waals surface area (Å²) in [5.74, 6) is -0.0706. The van der Waals surface area contributed by atoms with Crippen LogP contribution in [0.5, 0.6) is 0 Å². The van der Waals surface area contributed by atoms with Crippen LogP contribution < -0.4 is 5.32 Å². The normalized spacial score (nSPS) is 18.5.